The maximum absolute atomic E-state index is 6.66. The average molecular weight is 501 g/mol. The van der Waals surface area contributed by atoms with Gasteiger partial charge in [-0.25, -0.2) is 0 Å². The van der Waals surface area contributed by atoms with Crippen molar-refractivity contribution in [2.45, 2.75) is 118 Å². The molecule has 0 saturated carbocycles. The van der Waals surface area contributed by atoms with Crippen LogP contribution in [0.1, 0.15) is 129 Å². The Morgan fingerprint density at radius 3 is 1.18 bits per heavy atom. The monoisotopic (exact) mass is 500 g/mol. The molecule has 1 aliphatic rings. The van der Waals surface area contributed by atoms with E-state index < -0.39 is 8.06 Å². The summed E-state index contributed by atoms with van der Waals surface area (Å²) in [5.41, 5.74) is 7.76. The lowest BCUT2D eigenvalue weighted by Gasteiger charge is -2.36. The summed E-state index contributed by atoms with van der Waals surface area (Å²) in [6, 6.07) is 9.49. The zero-order chi connectivity index (χ0) is 26.0. The third kappa shape index (κ3) is 5.50. The predicted octanol–water partition coefficient (Wildman–Crippen LogP) is 9.90. The fourth-order valence-electron chi connectivity index (χ4n) is 4.50. The highest BCUT2D eigenvalue weighted by Crippen LogP contribution is 2.58. The van der Waals surface area contributed by atoms with E-state index in [0.717, 1.165) is 11.5 Å². The van der Waals surface area contributed by atoms with E-state index in [9.17, 15) is 0 Å². The van der Waals surface area contributed by atoms with Crippen molar-refractivity contribution < 1.29 is 9.05 Å². The lowest BCUT2D eigenvalue weighted by Crippen LogP contribution is -2.22. The second kappa shape index (κ2) is 8.78. The molecule has 1 atom stereocenters. The summed E-state index contributed by atoms with van der Waals surface area (Å²) in [6.07, 6.45) is 0. The van der Waals surface area contributed by atoms with Gasteiger partial charge in [0.05, 0.1) is 0 Å². The van der Waals surface area contributed by atoms with Gasteiger partial charge in [-0.15, -0.1) is 0 Å². The molecule has 1 aliphatic heterocycles. The summed E-state index contributed by atoms with van der Waals surface area (Å²) in [6.45, 7) is 29.7. The molecule has 0 fully saturated rings. The molecule has 34 heavy (non-hydrogen) atoms. The molecule has 0 radical (unpaired) electrons. The van der Waals surface area contributed by atoms with Gasteiger partial charge in [0.25, 0.3) is 0 Å². The van der Waals surface area contributed by atoms with Crippen LogP contribution in [-0.2, 0) is 21.7 Å². The van der Waals surface area contributed by atoms with Crippen LogP contribution in [0, 0.1) is 0 Å². The van der Waals surface area contributed by atoms with Crippen LogP contribution in [0.4, 0.5) is 0 Å². The molecule has 0 bridgehead atoms. The fourth-order valence-corrected chi connectivity index (χ4v) is 5.93. The van der Waals surface area contributed by atoms with Gasteiger partial charge in [0.15, 0.2) is 0 Å². The van der Waals surface area contributed by atoms with Crippen molar-refractivity contribution in [3.05, 3.63) is 57.6 Å². The maximum Gasteiger partial charge on any atom is 0.307 e. The van der Waals surface area contributed by atoms with Crippen molar-refractivity contribution in [3.63, 3.8) is 0 Å². The third-order valence-corrected chi connectivity index (χ3v) is 8.24. The molecule has 188 valence electrons. The Labute approximate surface area is 212 Å². The summed E-state index contributed by atoms with van der Waals surface area (Å²) in [7, 11) is 1.62. The lowest BCUT2D eigenvalue weighted by molar-refractivity contribution is 0.453. The van der Waals surface area contributed by atoms with Gasteiger partial charge in [-0.1, -0.05) is 114 Å². The van der Waals surface area contributed by atoms with E-state index in [0.29, 0.717) is 0 Å². The molecule has 3 rings (SSSR count). The molecule has 0 spiro atoms. The maximum atomic E-state index is 6.66. The third-order valence-electron chi connectivity index (χ3n) is 6.88. The van der Waals surface area contributed by atoms with Gasteiger partial charge in [0.1, 0.15) is 11.5 Å². The molecular formula is C30H46O2P2. The van der Waals surface area contributed by atoms with E-state index >= 15 is 0 Å². The molecule has 4 heteroatoms. The van der Waals surface area contributed by atoms with Gasteiger partial charge in [-0.2, -0.15) is 0 Å². The molecule has 0 amide bonds. The summed E-state index contributed by atoms with van der Waals surface area (Å²) in [4.78, 5) is 0. The first kappa shape index (κ1) is 27.5. The Kier molecular flexibility index (Phi) is 7.10. The van der Waals surface area contributed by atoms with E-state index in [4.69, 9.17) is 9.05 Å². The van der Waals surface area contributed by atoms with E-state index in [1.54, 1.807) is 0 Å². The normalized spacial score (nSPS) is 19.4. The molecule has 0 N–H and O–H groups in total. The topological polar surface area (TPSA) is 18.5 Å². The predicted molar refractivity (Wildman–Crippen MR) is 153 cm³/mol. The Hall–Kier alpha value is -1.10. The summed E-state index contributed by atoms with van der Waals surface area (Å²) in [5, 5.41) is 0. The van der Waals surface area contributed by atoms with Crippen LogP contribution in [0.25, 0.3) is 0 Å². The number of hydrogen-bond donors (Lipinski definition) is 0. The number of fused-ring (bicyclic) bond motifs is 2. The Bertz CT molecular complexity index is 988. The minimum absolute atomic E-state index is 0.0439. The van der Waals surface area contributed by atoms with E-state index in [1.165, 1.54) is 33.4 Å². The molecular weight excluding hydrogens is 454 g/mol. The minimum atomic E-state index is -1.21. The first-order valence-corrected chi connectivity index (χ1v) is 15.3. The van der Waals surface area contributed by atoms with E-state index in [-0.39, 0.29) is 27.6 Å². The van der Waals surface area contributed by atoms with Gasteiger partial charge >= 0.3 is 8.06 Å². The first-order chi connectivity index (χ1) is 15.2. The zero-order valence-electron chi connectivity index (χ0n) is 23.7. The van der Waals surface area contributed by atoms with Crippen LogP contribution in [0.2, 0.25) is 0 Å². The second-order valence-electron chi connectivity index (χ2n) is 14.1. The molecule has 1 heterocycles. The number of rotatable bonds is 0. The summed E-state index contributed by atoms with van der Waals surface area (Å²) in [5.74, 6) is 2.14. The highest BCUT2D eigenvalue weighted by Gasteiger charge is 2.35. The molecule has 2 aromatic carbocycles. The molecule has 0 aliphatic carbocycles. The highest BCUT2D eigenvalue weighted by atomic mass is 32.0. The fraction of sp³-hybridized carbons (Fsp3) is 0.600. The van der Waals surface area contributed by atoms with Gasteiger partial charge in [-0.05, 0) is 41.7 Å². The number of benzene rings is 2. The number of hydrogen-bond acceptors (Lipinski definition) is 2. The van der Waals surface area contributed by atoms with Gasteiger partial charge in [0.2, 0.25) is 0 Å². The molecule has 2 nitrogen and oxygen atoms in total. The average Bonchev–Trinajstić information content (AvgIpc) is 2.63. The van der Waals surface area contributed by atoms with Crippen molar-refractivity contribution in [2.24, 2.45) is 0 Å². The van der Waals surface area contributed by atoms with Crippen molar-refractivity contribution in [1.82, 2.24) is 0 Å². The lowest BCUT2D eigenvalue weighted by atomic mass is 9.74. The van der Waals surface area contributed by atoms with Crippen molar-refractivity contribution in [2.75, 3.05) is 0 Å². The van der Waals surface area contributed by atoms with Crippen LogP contribution in [0.15, 0.2) is 24.3 Å². The van der Waals surface area contributed by atoms with Crippen LogP contribution in [-0.4, -0.2) is 0 Å². The highest BCUT2D eigenvalue weighted by molar-refractivity contribution is 8.08. The molecule has 2 aromatic rings. The van der Waals surface area contributed by atoms with Crippen molar-refractivity contribution in [1.29, 1.82) is 0 Å². The Morgan fingerprint density at radius 2 is 0.912 bits per heavy atom. The Balaban J connectivity index is 2.44. The minimum Gasteiger partial charge on any atom is -0.435 e. The second-order valence-corrected chi connectivity index (χ2v) is 16.3. The van der Waals surface area contributed by atoms with E-state index in [2.05, 4.69) is 123 Å². The van der Waals surface area contributed by atoms with Crippen LogP contribution >= 0.6 is 17.0 Å². The Morgan fingerprint density at radius 1 is 0.588 bits per heavy atom. The van der Waals surface area contributed by atoms with Gasteiger partial charge in [0, 0.05) is 28.2 Å². The zero-order valence-corrected chi connectivity index (χ0v) is 25.8. The summed E-state index contributed by atoms with van der Waals surface area (Å²) >= 11 is 0. The van der Waals surface area contributed by atoms with E-state index in [1.807, 2.05) is 0 Å². The molecule has 1 unspecified atom stereocenters. The standard InChI is InChI=1S/C30H46O2P2/c1-18-21-14-19(27(2,3)4)16-23(29(8,9)10)25(21)31-34(33)32-26-22(18)15-20(28(5,6)7)17-24(26)30(11,12)13/h14-18H,33H2,1-13H3. The molecule has 0 aromatic heterocycles. The van der Waals surface area contributed by atoms with Crippen molar-refractivity contribution in [3.8, 4) is 11.5 Å². The van der Waals surface area contributed by atoms with Crippen molar-refractivity contribution >= 4 is 17.0 Å². The van der Waals surface area contributed by atoms with Crippen LogP contribution in [0.5, 0.6) is 11.5 Å². The molecule has 0 saturated heterocycles. The van der Waals surface area contributed by atoms with Crippen LogP contribution in [0.3, 0.4) is 0 Å². The van der Waals surface area contributed by atoms with Crippen LogP contribution < -0.4 is 9.05 Å². The largest absolute Gasteiger partial charge is 0.435 e. The van der Waals surface area contributed by atoms with Gasteiger partial charge in [-0.3, -0.25) is 0 Å². The first-order valence-electron chi connectivity index (χ1n) is 12.5. The summed E-state index contributed by atoms with van der Waals surface area (Å²) < 4.78 is 13.3. The smallest absolute Gasteiger partial charge is 0.307 e. The van der Waals surface area contributed by atoms with Gasteiger partial charge < -0.3 is 9.05 Å². The SMILES string of the molecule is CC1c2cc(C(C)(C)C)cc(C(C)(C)C)c2OP(P)Oc2c1cc(C(C)(C)C)cc2C(C)(C)C. The quantitative estimate of drug-likeness (QED) is 0.335.